The molecule has 1 amide bonds. The van der Waals surface area contributed by atoms with E-state index in [2.05, 4.69) is 17.6 Å². The van der Waals surface area contributed by atoms with Crippen LogP contribution in [0.5, 0.6) is 0 Å². The van der Waals surface area contributed by atoms with Crippen LogP contribution in [-0.2, 0) is 0 Å². The van der Waals surface area contributed by atoms with E-state index in [-0.39, 0.29) is 5.91 Å². The van der Waals surface area contributed by atoms with Gasteiger partial charge >= 0.3 is 0 Å². The van der Waals surface area contributed by atoms with E-state index < -0.39 is 0 Å². The van der Waals surface area contributed by atoms with Crippen molar-refractivity contribution in [2.24, 2.45) is 0 Å². The Kier molecular flexibility index (Phi) is 4.17. The van der Waals surface area contributed by atoms with Gasteiger partial charge in [0.15, 0.2) is 0 Å². The van der Waals surface area contributed by atoms with Crippen molar-refractivity contribution in [1.29, 1.82) is 0 Å². The van der Waals surface area contributed by atoms with Gasteiger partial charge in [-0.1, -0.05) is 6.92 Å². The van der Waals surface area contributed by atoms with Gasteiger partial charge < -0.3 is 10.6 Å². The summed E-state index contributed by atoms with van der Waals surface area (Å²) in [6.07, 6.45) is 1.21. The van der Waals surface area contributed by atoms with Gasteiger partial charge in [0, 0.05) is 29.6 Å². The van der Waals surface area contributed by atoms with E-state index in [1.807, 2.05) is 36.9 Å². The number of carbonyl (C=O) groups excluding carboxylic acids is 1. The van der Waals surface area contributed by atoms with E-state index in [1.165, 1.54) is 12.2 Å². The monoisotopic (exact) mass is 264 g/mol. The van der Waals surface area contributed by atoms with Gasteiger partial charge in [0.1, 0.15) is 0 Å². The Morgan fingerprint density at radius 3 is 2.78 bits per heavy atom. The standard InChI is InChI=1S/C14H20N2OS/c1-9-8-11(14(17)15-3)4-5-12(9)16-13-6-7-18-10(13)2/h4-5,8,10,13,16H,6-7H2,1-3H3,(H,15,17). The van der Waals surface area contributed by atoms with Gasteiger partial charge in [0.05, 0.1) is 0 Å². The molecule has 1 aliphatic rings. The molecule has 1 aliphatic heterocycles. The number of hydrogen-bond donors (Lipinski definition) is 2. The second-order valence-corrected chi connectivity index (χ2v) is 6.21. The highest BCUT2D eigenvalue weighted by Crippen LogP contribution is 2.29. The van der Waals surface area contributed by atoms with Gasteiger partial charge in [0.25, 0.3) is 5.91 Å². The Hall–Kier alpha value is -1.16. The zero-order chi connectivity index (χ0) is 13.1. The van der Waals surface area contributed by atoms with Crippen molar-refractivity contribution in [2.75, 3.05) is 18.1 Å². The number of rotatable bonds is 3. The Bertz CT molecular complexity index is 447. The van der Waals surface area contributed by atoms with Crippen molar-refractivity contribution >= 4 is 23.4 Å². The van der Waals surface area contributed by atoms with Gasteiger partial charge in [-0.15, -0.1) is 0 Å². The fraction of sp³-hybridized carbons (Fsp3) is 0.500. The number of benzene rings is 1. The number of anilines is 1. The molecule has 2 atom stereocenters. The summed E-state index contributed by atoms with van der Waals surface area (Å²) in [5.74, 6) is 1.20. The molecular formula is C14H20N2OS. The first-order chi connectivity index (χ1) is 8.61. The largest absolute Gasteiger partial charge is 0.381 e. The zero-order valence-electron chi connectivity index (χ0n) is 11.1. The summed E-state index contributed by atoms with van der Waals surface area (Å²) in [6, 6.07) is 6.37. The highest BCUT2D eigenvalue weighted by atomic mass is 32.2. The number of amides is 1. The lowest BCUT2D eigenvalue weighted by Crippen LogP contribution is -2.25. The molecule has 0 aromatic heterocycles. The lowest BCUT2D eigenvalue weighted by atomic mass is 10.1. The number of thioether (sulfide) groups is 1. The average molecular weight is 264 g/mol. The molecule has 2 rings (SSSR count). The van der Waals surface area contributed by atoms with Crippen LogP contribution in [0.25, 0.3) is 0 Å². The maximum atomic E-state index is 11.5. The number of carbonyl (C=O) groups is 1. The number of nitrogens with one attached hydrogen (secondary N) is 2. The minimum absolute atomic E-state index is 0.0329. The SMILES string of the molecule is CNC(=O)c1ccc(NC2CCSC2C)c(C)c1. The van der Waals surface area contributed by atoms with Crippen molar-refractivity contribution in [1.82, 2.24) is 5.32 Å². The predicted octanol–water partition coefficient (Wildman–Crippen LogP) is 2.66. The maximum absolute atomic E-state index is 11.5. The molecule has 3 nitrogen and oxygen atoms in total. The predicted molar refractivity (Wildman–Crippen MR) is 78.5 cm³/mol. The van der Waals surface area contributed by atoms with Gasteiger partial charge in [0.2, 0.25) is 0 Å². The lowest BCUT2D eigenvalue weighted by molar-refractivity contribution is 0.0963. The molecule has 1 aromatic carbocycles. The van der Waals surface area contributed by atoms with Crippen LogP contribution in [0.1, 0.15) is 29.3 Å². The second kappa shape index (κ2) is 5.65. The van der Waals surface area contributed by atoms with Crippen molar-refractivity contribution in [2.45, 2.75) is 31.6 Å². The van der Waals surface area contributed by atoms with E-state index >= 15 is 0 Å². The first-order valence-corrected chi connectivity index (χ1v) is 7.37. The topological polar surface area (TPSA) is 41.1 Å². The molecule has 0 spiro atoms. The van der Waals surface area contributed by atoms with Crippen molar-refractivity contribution < 1.29 is 4.79 Å². The Labute approximate surface area is 113 Å². The molecule has 2 unspecified atom stereocenters. The van der Waals surface area contributed by atoms with Crippen LogP contribution in [0, 0.1) is 6.92 Å². The summed E-state index contributed by atoms with van der Waals surface area (Å²) < 4.78 is 0. The fourth-order valence-electron chi connectivity index (χ4n) is 2.23. The molecule has 4 heteroatoms. The van der Waals surface area contributed by atoms with Crippen LogP contribution in [0.15, 0.2) is 18.2 Å². The van der Waals surface area contributed by atoms with Gasteiger partial charge in [-0.05, 0) is 42.9 Å². The molecule has 0 saturated carbocycles. The minimum Gasteiger partial charge on any atom is -0.381 e. The molecule has 1 aromatic rings. The molecule has 0 bridgehead atoms. The normalized spacial score (nSPS) is 22.8. The summed E-state index contributed by atoms with van der Waals surface area (Å²) in [7, 11) is 1.65. The van der Waals surface area contributed by atoms with Crippen molar-refractivity contribution in [3.63, 3.8) is 0 Å². The lowest BCUT2D eigenvalue weighted by Gasteiger charge is -2.19. The van der Waals surface area contributed by atoms with Crippen LogP contribution in [0.2, 0.25) is 0 Å². The van der Waals surface area contributed by atoms with E-state index in [4.69, 9.17) is 0 Å². The Balaban J connectivity index is 2.12. The molecular weight excluding hydrogens is 244 g/mol. The smallest absolute Gasteiger partial charge is 0.251 e. The summed E-state index contributed by atoms with van der Waals surface area (Å²) in [4.78, 5) is 11.5. The first-order valence-electron chi connectivity index (χ1n) is 6.32. The van der Waals surface area contributed by atoms with E-state index in [0.29, 0.717) is 11.3 Å². The average Bonchev–Trinajstić information content (AvgIpc) is 2.76. The van der Waals surface area contributed by atoms with Crippen molar-refractivity contribution in [3.8, 4) is 0 Å². The summed E-state index contributed by atoms with van der Waals surface area (Å²) in [5, 5.41) is 6.89. The van der Waals surface area contributed by atoms with Gasteiger partial charge in [-0.2, -0.15) is 11.8 Å². The van der Waals surface area contributed by atoms with E-state index in [9.17, 15) is 4.79 Å². The molecule has 98 valence electrons. The van der Waals surface area contributed by atoms with Crippen molar-refractivity contribution in [3.05, 3.63) is 29.3 Å². The number of aryl methyl sites for hydroxylation is 1. The van der Waals surface area contributed by atoms with E-state index in [1.54, 1.807) is 7.05 Å². The molecule has 0 radical (unpaired) electrons. The highest BCUT2D eigenvalue weighted by molar-refractivity contribution is 8.00. The molecule has 18 heavy (non-hydrogen) atoms. The Morgan fingerprint density at radius 1 is 1.44 bits per heavy atom. The molecule has 1 saturated heterocycles. The highest BCUT2D eigenvalue weighted by Gasteiger charge is 2.24. The van der Waals surface area contributed by atoms with Crippen LogP contribution >= 0.6 is 11.8 Å². The van der Waals surface area contributed by atoms with Gasteiger partial charge in [-0.3, -0.25) is 4.79 Å². The summed E-state index contributed by atoms with van der Waals surface area (Å²) in [5.41, 5.74) is 2.98. The number of hydrogen-bond acceptors (Lipinski definition) is 3. The summed E-state index contributed by atoms with van der Waals surface area (Å²) >= 11 is 2.02. The van der Waals surface area contributed by atoms with E-state index in [0.717, 1.165) is 16.8 Å². The zero-order valence-corrected chi connectivity index (χ0v) is 11.9. The molecule has 1 fully saturated rings. The first kappa shape index (κ1) is 13.3. The van der Waals surface area contributed by atoms with Crippen LogP contribution < -0.4 is 10.6 Å². The Morgan fingerprint density at radius 2 is 2.22 bits per heavy atom. The van der Waals surface area contributed by atoms with Crippen LogP contribution in [0.3, 0.4) is 0 Å². The third-order valence-electron chi connectivity index (χ3n) is 3.43. The van der Waals surface area contributed by atoms with Gasteiger partial charge in [-0.25, -0.2) is 0 Å². The van der Waals surface area contributed by atoms with Crippen LogP contribution in [-0.4, -0.2) is 30.0 Å². The minimum atomic E-state index is -0.0329. The second-order valence-electron chi connectivity index (χ2n) is 4.72. The maximum Gasteiger partial charge on any atom is 0.251 e. The fourth-order valence-corrected chi connectivity index (χ4v) is 3.43. The quantitative estimate of drug-likeness (QED) is 0.882. The molecule has 1 heterocycles. The van der Waals surface area contributed by atoms with Crippen LogP contribution in [0.4, 0.5) is 5.69 Å². The molecule has 2 N–H and O–H groups in total. The third-order valence-corrected chi connectivity index (χ3v) is 4.76. The summed E-state index contributed by atoms with van der Waals surface area (Å²) in [6.45, 7) is 4.31. The third kappa shape index (κ3) is 2.80. The molecule has 0 aliphatic carbocycles.